The zero-order chi connectivity index (χ0) is 12.8. The number of aryl methyl sites for hydroxylation is 1. The molecule has 2 aromatic carbocycles. The number of hydrogen-bond donors (Lipinski definition) is 0. The highest BCUT2D eigenvalue weighted by molar-refractivity contribution is 5.21. The molecule has 0 saturated heterocycles. The van der Waals surface area contributed by atoms with Crippen LogP contribution in [0.5, 0.6) is 0 Å². The molecule has 0 radical (unpaired) electrons. The molecule has 2 aromatic rings. The molecule has 1 atom stereocenters. The van der Waals surface area contributed by atoms with E-state index in [1.54, 1.807) is 0 Å². The van der Waals surface area contributed by atoms with Crippen molar-refractivity contribution in [3.05, 3.63) is 71.8 Å². The molecular formula is C18H22. The maximum absolute atomic E-state index is 2.32. The fourth-order valence-corrected chi connectivity index (χ4v) is 2.55. The maximum atomic E-state index is 2.32. The lowest BCUT2D eigenvalue weighted by molar-refractivity contribution is 0.468. The largest absolute Gasteiger partial charge is 0.0622 e. The van der Waals surface area contributed by atoms with Crippen molar-refractivity contribution in [2.24, 2.45) is 5.92 Å². The van der Waals surface area contributed by atoms with Crippen molar-refractivity contribution in [3.8, 4) is 0 Å². The fraction of sp³-hybridized carbons (Fsp3) is 0.333. The predicted molar refractivity (Wildman–Crippen MR) is 78.8 cm³/mol. The van der Waals surface area contributed by atoms with Crippen molar-refractivity contribution in [3.63, 3.8) is 0 Å². The van der Waals surface area contributed by atoms with Crippen molar-refractivity contribution < 1.29 is 0 Å². The van der Waals surface area contributed by atoms with Crippen LogP contribution in [-0.4, -0.2) is 0 Å². The van der Waals surface area contributed by atoms with E-state index in [0.717, 1.165) is 0 Å². The van der Waals surface area contributed by atoms with Gasteiger partial charge in [-0.25, -0.2) is 0 Å². The van der Waals surface area contributed by atoms with Gasteiger partial charge in [-0.3, -0.25) is 0 Å². The van der Waals surface area contributed by atoms with Gasteiger partial charge in [0.15, 0.2) is 0 Å². The van der Waals surface area contributed by atoms with E-state index >= 15 is 0 Å². The molecule has 94 valence electrons. The van der Waals surface area contributed by atoms with Gasteiger partial charge in [0, 0.05) is 0 Å². The third kappa shape index (κ3) is 3.46. The summed E-state index contributed by atoms with van der Waals surface area (Å²) >= 11 is 0. The van der Waals surface area contributed by atoms with Crippen LogP contribution in [0.25, 0.3) is 0 Å². The molecule has 0 N–H and O–H groups in total. The standard InChI is InChI=1S/C18H22/c1-15(2)18(17-11-7-4-8-12-17)14-13-16-9-5-3-6-10-16/h3-12,15,18H,13-14H2,1-2H3/t18-/m1/s1. The zero-order valence-corrected chi connectivity index (χ0v) is 11.3. The third-order valence-electron chi connectivity index (χ3n) is 3.62. The molecule has 0 aliphatic carbocycles. The van der Waals surface area contributed by atoms with Crippen LogP contribution < -0.4 is 0 Å². The summed E-state index contributed by atoms with van der Waals surface area (Å²) in [4.78, 5) is 0. The Morgan fingerprint density at radius 2 is 1.33 bits per heavy atom. The van der Waals surface area contributed by atoms with Crippen LogP contribution in [0, 0.1) is 5.92 Å². The second-order valence-electron chi connectivity index (χ2n) is 5.29. The van der Waals surface area contributed by atoms with Gasteiger partial charge in [-0.1, -0.05) is 74.5 Å². The first kappa shape index (κ1) is 12.9. The van der Waals surface area contributed by atoms with E-state index in [9.17, 15) is 0 Å². The molecule has 18 heavy (non-hydrogen) atoms. The molecule has 0 bridgehead atoms. The van der Waals surface area contributed by atoms with Crippen LogP contribution in [0.15, 0.2) is 60.7 Å². The average Bonchev–Trinajstić information content (AvgIpc) is 2.41. The summed E-state index contributed by atoms with van der Waals surface area (Å²) < 4.78 is 0. The zero-order valence-electron chi connectivity index (χ0n) is 11.3. The quantitative estimate of drug-likeness (QED) is 0.683. The van der Waals surface area contributed by atoms with E-state index in [0.29, 0.717) is 11.8 Å². The number of benzene rings is 2. The highest BCUT2D eigenvalue weighted by Crippen LogP contribution is 2.29. The second-order valence-corrected chi connectivity index (χ2v) is 5.29. The Kier molecular flexibility index (Phi) is 4.58. The van der Waals surface area contributed by atoms with Gasteiger partial charge in [0.2, 0.25) is 0 Å². The summed E-state index contributed by atoms with van der Waals surface area (Å²) in [6.45, 7) is 4.64. The molecule has 0 fully saturated rings. The van der Waals surface area contributed by atoms with Gasteiger partial charge in [0.1, 0.15) is 0 Å². The van der Waals surface area contributed by atoms with E-state index in [4.69, 9.17) is 0 Å². The lowest BCUT2D eigenvalue weighted by Gasteiger charge is -2.21. The Hall–Kier alpha value is -1.56. The third-order valence-corrected chi connectivity index (χ3v) is 3.62. The monoisotopic (exact) mass is 238 g/mol. The van der Waals surface area contributed by atoms with Crippen molar-refractivity contribution >= 4 is 0 Å². The first-order valence-corrected chi connectivity index (χ1v) is 6.86. The van der Waals surface area contributed by atoms with Gasteiger partial charge in [0.25, 0.3) is 0 Å². The Morgan fingerprint density at radius 3 is 1.89 bits per heavy atom. The first-order valence-electron chi connectivity index (χ1n) is 6.86. The molecule has 2 rings (SSSR count). The summed E-state index contributed by atoms with van der Waals surface area (Å²) in [5.74, 6) is 1.35. The van der Waals surface area contributed by atoms with Crippen molar-refractivity contribution in [2.75, 3.05) is 0 Å². The molecular weight excluding hydrogens is 216 g/mol. The molecule has 0 amide bonds. The molecule has 0 spiro atoms. The predicted octanol–water partition coefficient (Wildman–Crippen LogP) is 5.06. The van der Waals surface area contributed by atoms with Crippen LogP contribution in [0.4, 0.5) is 0 Å². The smallest absolute Gasteiger partial charge is 0.0136 e. The summed E-state index contributed by atoms with van der Waals surface area (Å²) in [6, 6.07) is 21.7. The highest BCUT2D eigenvalue weighted by atomic mass is 14.2. The lowest BCUT2D eigenvalue weighted by Crippen LogP contribution is -2.08. The van der Waals surface area contributed by atoms with Gasteiger partial charge < -0.3 is 0 Å². The summed E-state index contributed by atoms with van der Waals surface area (Å²) in [5, 5.41) is 0. The summed E-state index contributed by atoms with van der Waals surface area (Å²) in [5.41, 5.74) is 2.92. The topological polar surface area (TPSA) is 0 Å². The minimum absolute atomic E-state index is 0.659. The number of hydrogen-bond acceptors (Lipinski definition) is 0. The average molecular weight is 238 g/mol. The minimum Gasteiger partial charge on any atom is -0.0622 e. The van der Waals surface area contributed by atoms with Crippen LogP contribution >= 0.6 is 0 Å². The molecule has 0 aliphatic rings. The van der Waals surface area contributed by atoms with Crippen molar-refractivity contribution in [1.82, 2.24) is 0 Å². The second kappa shape index (κ2) is 6.39. The van der Waals surface area contributed by atoms with Crippen molar-refractivity contribution in [1.29, 1.82) is 0 Å². The van der Waals surface area contributed by atoms with E-state index < -0.39 is 0 Å². The molecule has 0 aromatic heterocycles. The Morgan fingerprint density at radius 1 is 0.778 bits per heavy atom. The summed E-state index contributed by atoms with van der Waals surface area (Å²) in [7, 11) is 0. The highest BCUT2D eigenvalue weighted by Gasteiger charge is 2.15. The summed E-state index contributed by atoms with van der Waals surface area (Å²) in [6.07, 6.45) is 2.39. The van der Waals surface area contributed by atoms with E-state index in [1.165, 1.54) is 24.0 Å². The van der Waals surface area contributed by atoms with Crippen LogP contribution in [0.2, 0.25) is 0 Å². The Bertz CT molecular complexity index is 442. The van der Waals surface area contributed by atoms with Crippen LogP contribution in [0.1, 0.15) is 37.3 Å². The van der Waals surface area contributed by atoms with Crippen molar-refractivity contribution in [2.45, 2.75) is 32.6 Å². The van der Waals surface area contributed by atoms with Gasteiger partial charge in [0.05, 0.1) is 0 Å². The van der Waals surface area contributed by atoms with Gasteiger partial charge in [-0.2, -0.15) is 0 Å². The molecule has 0 saturated carbocycles. The number of rotatable bonds is 5. The Labute approximate surface area is 111 Å². The minimum atomic E-state index is 0.659. The Balaban J connectivity index is 2.04. The normalized spacial score (nSPS) is 12.6. The van der Waals surface area contributed by atoms with E-state index in [-0.39, 0.29) is 0 Å². The van der Waals surface area contributed by atoms with Crippen LogP contribution in [-0.2, 0) is 6.42 Å². The molecule has 0 unspecified atom stereocenters. The molecule has 0 nitrogen and oxygen atoms in total. The van der Waals surface area contributed by atoms with Gasteiger partial charge in [-0.05, 0) is 35.8 Å². The first-order chi connectivity index (χ1) is 8.77. The van der Waals surface area contributed by atoms with E-state index in [2.05, 4.69) is 74.5 Å². The molecule has 0 heterocycles. The SMILES string of the molecule is CC(C)[C@@H](CCc1ccccc1)c1ccccc1. The van der Waals surface area contributed by atoms with Gasteiger partial charge >= 0.3 is 0 Å². The maximum Gasteiger partial charge on any atom is -0.0136 e. The molecule has 0 aliphatic heterocycles. The lowest BCUT2D eigenvalue weighted by atomic mass is 9.84. The molecule has 0 heteroatoms. The van der Waals surface area contributed by atoms with Crippen LogP contribution in [0.3, 0.4) is 0 Å². The van der Waals surface area contributed by atoms with Gasteiger partial charge in [-0.15, -0.1) is 0 Å². The van der Waals surface area contributed by atoms with E-state index in [1.807, 2.05) is 0 Å². The fourth-order valence-electron chi connectivity index (χ4n) is 2.55.